The Morgan fingerprint density at radius 3 is 2.60 bits per heavy atom. The number of rotatable bonds is 5. The SMILES string of the molecule is CCCCC[C@@H](Br)C(=O)Cl. The fourth-order valence-electron chi connectivity index (χ4n) is 0.687. The van der Waals surface area contributed by atoms with E-state index in [9.17, 15) is 4.79 Å². The van der Waals surface area contributed by atoms with Gasteiger partial charge in [-0.15, -0.1) is 0 Å². The van der Waals surface area contributed by atoms with Gasteiger partial charge in [0.1, 0.15) is 0 Å². The maximum absolute atomic E-state index is 10.5. The summed E-state index contributed by atoms with van der Waals surface area (Å²) in [5.74, 6) is 0. The Kier molecular flexibility index (Phi) is 6.44. The minimum absolute atomic E-state index is 0.138. The molecular weight excluding hydrogens is 215 g/mol. The second-order valence-electron chi connectivity index (χ2n) is 2.27. The molecule has 0 aliphatic carbocycles. The summed E-state index contributed by atoms with van der Waals surface area (Å²) in [5, 5.41) is -0.281. The first-order valence-electron chi connectivity index (χ1n) is 3.52. The zero-order valence-electron chi connectivity index (χ0n) is 6.07. The summed E-state index contributed by atoms with van der Waals surface area (Å²) in [6.07, 6.45) is 4.28. The number of hydrogen-bond acceptors (Lipinski definition) is 1. The number of carbonyl (C=O) groups excluding carboxylic acids is 1. The van der Waals surface area contributed by atoms with Gasteiger partial charge < -0.3 is 0 Å². The Labute approximate surface area is 75.3 Å². The molecule has 0 aliphatic heterocycles. The minimum atomic E-state index is -0.281. The zero-order valence-corrected chi connectivity index (χ0v) is 8.41. The van der Waals surface area contributed by atoms with Gasteiger partial charge in [0.05, 0.1) is 4.83 Å². The Morgan fingerprint density at radius 2 is 2.20 bits per heavy atom. The lowest BCUT2D eigenvalue weighted by Gasteiger charge is -2.01. The summed E-state index contributed by atoms with van der Waals surface area (Å²) in [5.41, 5.74) is 0. The molecule has 0 aliphatic rings. The molecule has 10 heavy (non-hydrogen) atoms. The van der Waals surface area contributed by atoms with Gasteiger partial charge in [0, 0.05) is 0 Å². The number of alkyl halides is 1. The maximum atomic E-state index is 10.5. The van der Waals surface area contributed by atoms with Crippen molar-refractivity contribution < 1.29 is 4.79 Å². The first-order valence-corrected chi connectivity index (χ1v) is 4.81. The lowest BCUT2D eigenvalue weighted by molar-refractivity contribution is -0.111. The standard InChI is InChI=1S/C7H12BrClO/c1-2-3-4-5-6(8)7(9)10/h6H,2-5H2,1H3/t6-/m1/s1. The highest BCUT2D eigenvalue weighted by Gasteiger charge is 2.09. The number of halogens is 2. The van der Waals surface area contributed by atoms with Crippen molar-refractivity contribution in [1.82, 2.24) is 0 Å². The summed E-state index contributed by atoms with van der Waals surface area (Å²) >= 11 is 8.41. The van der Waals surface area contributed by atoms with E-state index in [1.807, 2.05) is 0 Å². The third-order valence-electron chi connectivity index (χ3n) is 1.31. The van der Waals surface area contributed by atoms with E-state index in [0.717, 1.165) is 12.8 Å². The van der Waals surface area contributed by atoms with Crippen LogP contribution >= 0.6 is 27.5 Å². The van der Waals surface area contributed by atoms with Gasteiger partial charge >= 0.3 is 0 Å². The highest BCUT2D eigenvalue weighted by molar-refractivity contribution is 9.10. The number of hydrogen-bond donors (Lipinski definition) is 0. The lowest BCUT2D eigenvalue weighted by Crippen LogP contribution is -2.05. The van der Waals surface area contributed by atoms with E-state index in [1.165, 1.54) is 12.8 Å². The van der Waals surface area contributed by atoms with E-state index in [-0.39, 0.29) is 10.1 Å². The monoisotopic (exact) mass is 226 g/mol. The van der Waals surface area contributed by atoms with E-state index in [1.54, 1.807) is 0 Å². The minimum Gasteiger partial charge on any atom is -0.280 e. The molecule has 0 amide bonds. The van der Waals surface area contributed by atoms with Crippen LogP contribution in [0.4, 0.5) is 0 Å². The van der Waals surface area contributed by atoms with Crippen LogP contribution in [0.2, 0.25) is 0 Å². The average molecular weight is 228 g/mol. The Balaban J connectivity index is 3.21. The van der Waals surface area contributed by atoms with Crippen molar-refractivity contribution in [3.05, 3.63) is 0 Å². The Morgan fingerprint density at radius 1 is 1.60 bits per heavy atom. The summed E-state index contributed by atoms with van der Waals surface area (Å²) in [7, 11) is 0. The lowest BCUT2D eigenvalue weighted by atomic mass is 10.2. The van der Waals surface area contributed by atoms with Crippen LogP contribution in [0.5, 0.6) is 0 Å². The first-order chi connectivity index (χ1) is 4.68. The molecule has 1 atom stereocenters. The molecule has 0 rings (SSSR count). The van der Waals surface area contributed by atoms with Gasteiger partial charge in [0.25, 0.3) is 0 Å². The van der Waals surface area contributed by atoms with Crippen LogP contribution in [0.1, 0.15) is 32.6 Å². The zero-order chi connectivity index (χ0) is 7.98. The van der Waals surface area contributed by atoms with Crippen molar-refractivity contribution in [3.63, 3.8) is 0 Å². The molecule has 0 spiro atoms. The Hall–Kier alpha value is 0.440. The molecule has 0 aromatic carbocycles. The van der Waals surface area contributed by atoms with Crippen molar-refractivity contribution in [2.45, 2.75) is 37.4 Å². The molecule has 1 nitrogen and oxygen atoms in total. The second-order valence-corrected chi connectivity index (χ2v) is 3.75. The molecule has 0 N–H and O–H groups in total. The van der Waals surface area contributed by atoms with Crippen molar-refractivity contribution in [2.24, 2.45) is 0 Å². The third kappa shape index (κ3) is 5.24. The van der Waals surface area contributed by atoms with Crippen molar-refractivity contribution in [1.29, 1.82) is 0 Å². The third-order valence-corrected chi connectivity index (χ3v) is 2.71. The topological polar surface area (TPSA) is 17.1 Å². The predicted octanol–water partition coefficient (Wildman–Crippen LogP) is 3.10. The quantitative estimate of drug-likeness (QED) is 0.401. The van der Waals surface area contributed by atoms with E-state index >= 15 is 0 Å². The fraction of sp³-hybridized carbons (Fsp3) is 0.857. The summed E-state index contributed by atoms with van der Waals surface area (Å²) in [6, 6.07) is 0. The molecule has 0 aromatic rings. The predicted molar refractivity (Wildman–Crippen MR) is 47.7 cm³/mol. The van der Waals surface area contributed by atoms with Gasteiger partial charge in [0.2, 0.25) is 5.24 Å². The summed E-state index contributed by atoms with van der Waals surface area (Å²) in [4.78, 5) is 10.3. The van der Waals surface area contributed by atoms with Gasteiger partial charge in [-0.3, -0.25) is 4.79 Å². The van der Waals surface area contributed by atoms with Crippen LogP contribution in [0, 0.1) is 0 Å². The maximum Gasteiger partial charge on any atom is 0.235 e. The largest absolute Gasteiger partial charge is 0.280 e. The van der Waals surface area contributed by atoms with Gasteiger partial charge in [-0.1, -0.05) is 42.1 Å². The normalized spacial score (nSPS) is 13.1. The molecule has 0 aromatic heterocycles. The van der Waals surface area contributed by atoms with Crippen LogP contribution in [0.15, 0.2) is 0 Å². The van der Waals surface area contributed by atoms with Gasteiger partial charge in [-0.25, -0.2) is 0 Å². The second kappa shape index (κ2) is 6.17. The van der Waals surface area contributed by atoms with Crippen LogP contribution in [-0.2, 0) is 4.79 Å². The molecule has 0 heterocycles. The van der Waals surface area contributed by atoms with Gasteiger partial charge in [-0.2, -0.15) is 0 Å². The number of unbranched alkanes of at least 4 members (excludes halogenated alkanes) is 2. The van der Waals surface area contributed by atoms with E-state index in [0.29, 0.717) is 0 Å². The first kappa shape index (κ1) is 10.4. The van der Waals surface area contributed by atoms with Crippen molar-refractivity contribution in [2.75, 3.05) is 0 Å². The smallest absolute Gasteiger partial charge is 0.235 e. The van der Waals surface area contributed by atoms with Crippen LogP contribution in [0.25, 0.3) is 0 Å². The molecular formula is C7H12BrClO. The molecule has 0 saturated heterocycles. The van der Waals surface area contributed by atoms with Gasteiger partial charge in [-0.05, 0) is 18.0 Å². The molecule has 0 radical (unpaired) electrons. The van der Waals surface area contributed by atoms with Crippen molar-refractivity contribution in [3.8, 4) is 0 Å². The molecule has 0 unspecified atom stereocenters. The fourth-order valence-corrected chi connectivity index (χ4v) is 1.12. The van der Waals surface area contributed by atoms with E-state index in [4.69, 9.17) is 11.6 Å². The van der Waals surface area contributed by atoms with E-state index < -0.39 is 0 Å². The Bertz CT molecular complexity index is 106. The molecule has 0 saturated carbocycles. The number of carbonyl (C=O) groups is 1. The summed E-state index contributed by atoms with van der Waals surface area (Å²) < 4.78 is 0. The molecule has 60 valence electrons. The highest BCUT2D eigenvalue weighted by Crippen LogP contribution is 2.13. The van der Waals surface area contributed by atoms with E-state index in [2.05, 4.69) is 22.9 Å². The van der Waals surface area contributed by atoms with Crippen molar-refractivity contribution >= 4 is 32.8 Å². The van der Waals surface area contributed by atoms with Crippen LogP contribution in [0.3, 0.4) is 0 Å². The summed E-state index contributed by atoms with van der Waals surface area (Å²) in [6.45, 7) is 2.13. The van der Waals surface area contributed by atoms with Gasteiger partial charge in [0.15, 0.2) is 0 Å². The molecule has 0 fully saturated rings. The average Bonchev–Trinajstić information content (AvgIpc) is 1.88. The highest BCUT2D eigenvalue weighted by atomic mass is 79.9. The van der Waals surface area contributed by atoms with Crippen LogP contribution < -0.4 is 0 Å². The van der Waals surface area contributed by atoms with Crippen LogP contribution in [-0.4, -0.2) is 10.1 Å². The molecule has 3 heteroatoms. The molecule has 0 bridgehead atoms.